The Morgan fingerprint density at radius 2 is 2.00 bits per heavy atom. The van der Waals surface area contributed by atoms with E-state index in [1.807, 2.05) is 0 Å². The van der Waals surface area contributed by atoms with Gasteiger partial charge in [0.25, 0.3) is 0 Å². The van der Waals surface area contributed by atoms with Crippen molar-refractivity contribution in [2.75, 3.05) is 6.54 Å². The molecule has 0 aliphatic carbocycles. The third kappa shape index (κ3) is 4.27. The summed E-state index contributed by atoms with van der Waals surface area (Å²) in [5, 5.41) is 1.36. The minimum Gasteiger partial charge on any atom is -0.330 e. The highest BCUT2D eigenvalue weighted by molar-refractivity contribution is 7.88. The van der Waals surface area contributed by atoms with Gasteiger partial charge in [0.2, 0.25) is 0 Å². The van der Waals surface area contributed by atoms with Gasteiger partial charge < -0.3 is 5.73 Å². The maximum atomic E-state index is 12.6. The van der Waals surface area contributed by atoms with Crippen LogP contribution in [0.2, 0.25) is 0 Å². The van der Waals surface area contributed by atoms with E-state index in [1.54, 1.807) is 13.0 Å². The molecule has 1 atom stereocenters. The highest BCUT2D eigenvalue weighted by Gasteiger charge is 2.31. The number of hydrogen-bond donors (Lipinski definition) is 1. The highest BCUT2D eigenvalue weighted by Crippen LogP contribution is 2.31. The van der Waals surface area contributed by atoms with Crippen molar-refractivity contribution in [3.63, 3.8) is 0 Å². The number of aryl methyl sites for hydroxylation is 1. The van der Waals surface area contributed by atoms with Crippen molar-refractivity contribution < 1.29 is 17.4 Å². The van der Waals surface area contributed by atoms with Gasteiger partial charge in [-0.3, -0.25) is 0 Å². The van der Waals surface area contributed by atoms with Crippen molar-refractivity contribution in [2.45, 2.75) is 24.4 Å². The minimum atomic E-state index is -4.42. The molecular formula is C12H14F3NOS. The van der Waals surface area contributed by atoms with Crippen LogP contribution in [0.3, 0.4) is 0 Å². The Balaban J connectivity index is 3.03. The van der Waals surface area contributed by atoms with Crippen LogP contribution in [0.4, 0.5) is 13.2 Å². The normalized spacial score (nSPS) is 14.1. The molecule has 0 aliphatic heterocycles. The summed E-state index contributed by atoms with van der Waals surface area (Å²) in [6.45, 7) is 1.95. The monoisotopic (exact) mass is 277 g/mol. The number of alkyl halides is 3. The Morgan fingerprint density at radius 3 is 2.56 bits per heavy atom. The third-order valence-electron chi connectivity index (χ3n) is 2.16. The summed E-state index contributed by atoms with van der Waals surface area (Å²) >= 11 is 0. The average molecular weight is 277 g/mol. The lowest BCUT2D eigenvalue weighted by Crippen LogP contribution is -2.06. The minimum absolute atomic E-state index is 0.149. The van der Waals surface area contributed by atoms with E-state index in [-0.39, 0.29) is 4.90 Å². The van der Waals surface area contributed by atoms with Gasteiger partial charge in [-0.1, -0.05) is 6.08 Å². The van der Waals surface area contributed by atoms with E-state index in [0.717, 1.165) is 12.1 Å². The zero-order valence-electron chi connectivity index (χ0n) is 9.83. The molecule has 0 radical (unpaired) electrons. The Bertz CT molecular complexity index is 469. The number of rotatable bonds is 4. The zero-order valence-corrected chi connectivity index (χ0v) is 10.6. The van der Waals surface area contributed by atoms with Gasteiger partial charge in [0.05, 0.1) is 16.4 Å². The molecule has 0 aliphatic rings. The Kier molecular flexibility index (Phi) is 5.10. The van der Waals surface area contributed by atoms with Crippen LogP contribution in [0.5, 0.6) is 0 Å². The fourth-order valence-electron chi connectivity index (χ4n) is 1.36. The SMILES string of the molecule is Cc1cc(S(=O)/C=C/CCN)cc(C(F)(F)F)c1. The molecule has 2 N–H and O–H groups in total. The van der Waals surface area contributed by atoms with Gasteiger partial charge in [0, 0.05) is 10.3 Å². The van der Waals surface area contributed by atoms with Crippen LogP contribution in [0.25, 0.3) is 0 Å². The van der Waals surface area contributed by atoms with Crippen LogP contribution in [0.1, 0.15) is 17.5 Å². The van der Waals surface area contributed by atoms with E-state index in [1.165, 1.54) is 11.5 Å². The summed E-state index contributed by atoms with van der Waals surface area (Å²) in [6.07, 6.45) is -2.28. The fourth-order valence-corrected chi connectivity index (χ4v) is 2.37. The molecule has 0 saturated carbocycles. The molecular weight excluding hydrogens is 263 g/mol. The fraction of sp³-hybridized carbons (Fsp3) is 0.333. The maximum Gasteiger partial charge on any atom is 0.416 e. The first kappa shape index (κ1) is 14.9. The molecule has 0 bridgehead atoms. The van der Waals surface area contributed by atoms with E-state index in [0.29, 0.717) is 18.5 Å². The van der Waals surface area contributed by atoms with Gasteiger partial charge in [0.15, 0.2) is 0 Å². The predicted octanol–water partition coefficient (Wildman–Crippen LogP) is 2.98. The molecule has 0 spiro atoms. The zero-order chi connectivity index (χ0) is 13.8. The smallest absolute Gasteiger partial charge is 0.330 e. The summed E-state index contributed by atoms with van der Waals surface area (Å²) < 4.78 is 49.5. The largest absolute Gasteiger partial charge is 0.416 e. The summed E-state index contributed by atoms with van der Waals surface area (Å²) in [5.41, 5.74) is 4.91. The summed E-state index contributed by atoms with van der Waals surface area (Å²) in [5.74, 6) is 0. The van der Waals surface area contributed by atoms with Gasteiger partial charge in [-0.2, -0.15) is 13.2 Å². The van der Waals surface area contributed by atoms with Crippen LogP contribution in [0.15, 0.2) is 34.6 Å². The number of halogens is 3. The topological polar surface area (TPSA) is 43.1 Å². The van der Waals surface area contributed by atoms with E-state index >= 15 is 0 Å². The van der Waals surface area contributed by atoms with E-state index in [2.05, 4.69) is 0 Å². The standard InChI is InChI=1S/C12H14F3NOS/c1-9-6-10(12(13,14)15)8-11(7-9)18(17)5-3-2-4-16/h3,5-8H,2,4,16H2,1H3/b5-3+. The van der Waals surface area contributed by atoms with Crippen LogP contribution in [0, 0.1) is 6.92 Å². The summed E-state index contributed by atoms with van der Waals surface area (Å²) in [4.78, 5) is 0.149. The molecule has 100 valence electrons. The number of hydrogen-bond acceptors (Lipinski definition) is 2. The molecule has 0 amide bonds. The molecule has 1 rings (SSSR count). The maximum absolute atomic E-state index is 12.6. The van der Waals surface area contributed by atoms with Crippen LogP contribution >= 0.6 is 0 Å². The van der Waals surface area contributed by atoms with Crippen molar-refractivity contribution in [1.29, 1.82) is 0 Å². The molecule has 0 heterocycles. The van der Waals surface area contributed by atoms with Crippen molar-refractivity contribution in [2.24, 2.45) is 5.73 Å². The van der Waals surface area contributed by atoms with Gasteiger partial charge in [-0.05, 0) is 43.7 Å². The van der Waals surface area contributed by atoms with Gasteiger partial charge >= 0.3 is 6.18 Å². The lowest BCUT2D eigenvalue weighted by molar-refractivity contribution is -0.137. The van der Waals surface area contributed by atoms with E-state index < -0.39 is 22.5 Å². The molecule has 1 unspecified atom stereocenters. The molecule has 0 saturated heterocycles. The molecule has 18 heavy (non-hydrogen) atoms. The van der Waals surface area contributed by atoms with Gasteiger partial charge in [-0.15, -0.1) is 0 Å². The molecule has 1 aromatic carbocycles. The first-order valence-electron chi connectivity index (χ1n) is 5.31. The number of benzene rings is 1. The summed E-state index contributed by atoms with van der Waals surface area (Å²) in [7, 11) is -1.58. The molecule has 0 fully saturated rings. The quantitative estimate of drug-likeness (QED) is 0.919. The molecule has 0 aromatic heterocycles. The lowest BCUT2D eigenvalue weighted by Gasteiger charge is -2.09. The number of nitrogens with two attached hydrogens (primary N) is 1. The van der Waals surface area contributed by atoms with Crippen molar-refractivity contribution in [1.82, 2.24) is 0 Å². The average Bonchev–Trinajstić information content (AvgIpc) is 2.27. The Morgan fingerprint density at radius 1 is 1.33 bits per heavy atom. The summed E-state index contributed by atoms with van der Waals surface area (Å²) in [6, 6.07) is 3.43. The lowest BCUT2D eigenvalue weighted by atomic mass is 10.1. The predicted molar refractivity (Wildman–Crippen MR) is 65.4 cm³/mol. The van der Waals surface area contributed by atoms with Crippen molar-refractivity contribution in [3.05, 3.63) is 40.8 Å². The third-order valence-corrected chi connectivity index (χ3v) is 3.30. The first-order chi connectivity index (χ1) is 8.34. The van der Waals surface area contributed by atoms with Gasteiger partial charge in [-0.25, -0.2) is 4.21 Å². The molecule has 1 aromatic rings. The molecule has 2 nitrogen and oxygen atoms in total. The van der Waals surface area contributed by atoms with Crippen molar-refractivity contribution >= 4 is 10.8 Å². The van der Waals surface area contributed by atoms with Crippen molar-refractivity contribution in [3.8, 4) is 0 Å². The second kappa shape index (κ2) is 6.15. The Hall–Kier alpha value is -1.14. The van der Waals surface area contributed by atoms with Crippen LogP contribution in [-0.2, 0) is 17.0 Å². The van der Waals surface area contributed by atoms with E-state index in [4.69, 9.17) is 5.73 Å². The van der Waals surface area contributed by atoms with Crippen LogP contribution in [-0.4, -0.2) is 10.8 Å². The second-order valence-corrected chi connectivity index (χ2v) is 5.12. The van der Waals surface area contributed by atoms with Crippen LogP contribution < -0.4 is 5.73 Å². The Labute approximate surface area is 106 Å². The second-order valence-electron chi connectivity index (χ2n) is 3.78. The first-order valence-corrected chi connectivity index (χ1v) is 6.52. The van der Waals surface area contributed by atoms with Gasteiger partial charge in [0.1, 0.15) is 0 Å². The highest BCUT2D eigenvalue weighted by atomic mass is 32.2. The van der Waals surface area contributed by atoms with E-state index in [9.17, 15) is 17.4 Å². The molecule has 6 heteroatoms.